The summed E-state index contributed by atoms with van der Waals surface area (Å²) in [6.45, 7) is 2.48. The van der Waals surface area contributed by atoms with Crippen LogP contribution >= 0.6 is 0 Å². The normalized spacial score (nSPS) is 10.7. The van der Waals surface area contributed by atoms with Gasteiger partial charge >= 0.3 is 6.18 Å². The molecule has 0 unspecified atom stereocenters. The van der Waals surface area contributed by atoms with E-state index < -0.39 is 17.7 Å². The van der Waals surface area contributed by atoms with E-state index in [0.717, 1.165) is 0 Å². The zero-order valence-corrected chi connectivity index (χ0v) is 4.83. The van der Waals surface area contributed by atoms with Gasteiger partial charge in [-0.2, -0.15) is 13.2 Å². The summed E-state index contributed by atoms with van der Waals surface area (Å²) < 4.78 is 34.4. The topological polar surface area (TPSA) is 29.1 Å². The molecule has 0 aromatic heterocycles. The van der Waals surface area contributed by atoms with Gasteiger partial charge in [-0.1, -0.05) is 6.58 Å². The van der Waals surface area contributed by atoms with E-state index in [0.29, 0.717) is 0 Å². The van der Waals surface area contributed by atoms with Crippen molar-refractivity contribution in [3.63, 3.8) is 0 Å². The van der Waals surface area contributed by atoms with Crippen LogP contribution < -0.4 is 5.23 Å². The van der Waals surface area contributed by atoms with Gasteiger partial charge in [0.2, 0.25) is 13.9 Å². The summed E-state index contributed by atoms with van der Waals surface area (Å²) in [5.41, 5.74) is -1.50. The highest BCUT2D eigenvalue weighted by Crippen LogP contribution is 2.23. The van der Waals surface area contributed by atoms with Gasteiger partial charge in [0, 0.05) is 0 Å². The molecule has 0 saturated heterocycles. The van der Waals surface area contributed by atoms with Crippen LogP contribution in [0.4, 0.5) is 13.2 Å². The zero-order chi connectivity index (χ0) is 8.36. The Kier molecular flexibility index (Phi) is 2.51. The van der Waals surface area contributed by atoms with Crippen molar-refractivity contribution in [3.05, 3.63) is 12.2 Å². The molecule has 0 aromatic carbocycles. The Morgan fingerprint density at radius 3 is 2.00 bits per heavy atom. The van der Waals surface area contributed by atoms with Crippen LogP contribution in [0.3, 0.4) is 0 Å². The van der Waals surface area contributed by atoms with Crippen molar-refractivity contribution < 1.29 is 18.0 Å². The molecule has 2 nitrogen and oxygen atoms in total. The van der Waals surface area contributed by atoms with Crippen LogP contribution in [0.5, 0.6) is 0 Å². The third-order valence-electron chi connectivity index (χ3n) is 0.747. The smallest absolute Gasteiger partial charge is 0.405 e. The Bertz CT molecular complexity index is 164. The van der Waals surface area contributed by atoms with Gasteiger partial charge in [0.15, 0.2) is 0 Å². The van der Waals surface area contributed by atoms with Gasteiger partial charge in [-0.15, -0.1) is 0 Å². The largest absolute Gasteiger partial charge is 0.421 e. The van der Waals surface area contributed by atoms with E-state index in [-0.39, 0.29) is 0 Å². The molecule has 0 saturated carbocycles. The third-order valence-corrected chi connectivity index (χ3v) is 0.747. The highest BCUT2D eigenvalue weighted by molar-refractivity contribution is 6.18. The highest BCUT2D eigenvalue weighted by Gasteiger charge is 2.35. The van der Waals surface area contributed by atoms with E-state index in [1.807, 2.05) is 0 Å². The molecule has 1 amide bonds. The Morgan fingerprint density at radius 1 is 1.50 bits per heavy atom. The molecule has 2 radical (unpaired) electrons. The van der Waals surface area contributed by atoms with Crippen LogP contribution in [-0.4, -0.2) is 20.1 Å². The summed E-state index contributed by atoms with van der Waals surface area (Å²) in [6.07, 6.45) is -4.70. The van der Waals surface area contributed by atoms with Crippen LogP contribution in [0.1, 0.15) is 0 Å². The van der Waals surface area contributed by atoms with Crippen LogP contribution in [0, 0.1) is 0 Å². The molecule has 0 rings (SSSR count). The molecule has 0 aliphatic heterocycles. The number of alkyl halides is 3. The lowest BCUT2D eigenvalue weighted by Gasteiger charge is -2.06. The van der Waals surface area contributed by atoms with Gasteiger partial charge in [-0.05, 0) is 0 Å². The average molecular weight is 149 g/mol. The quantitative estimate of drug-likeness (QED) is 0.421. The SMILES string of the molecule is [B]NC(=O)C(=C)C(F)(F)F. The molecular weight excluding hydrogens is 146 g/mol. The van der Waals surface area contributed by atoms with Crippen LogP contribution in [0.25, 0.3) is 0 Å². The lowest BCUT2D eigenvalue weighted by molar-refractivity contribution is -0.129. The molecule has 0 aliphatic rings. The Hall–Kier alpha value is -0.935. The average Bonchev–Trinajstić information content (AvgIpc) is 1.83. The van der Waals surface area contributed by atoms with Crippen molar-refractivity contribution in [2.75, 3.05) is 0 Å². The summed E-state index contributed by atoms with van der Waals surface area (Å²) in [5.74, 6) is -1.42. The lowest BCUT2D eigenvalue weighted by Crippen LogP contribution is -2.29. The first-order valence-electron chi connectivity index (χ1n) is 2.16. The van der Waals surface area contributed by atoms with Crippen LogP contribution in [-0.2, 0) is 4.79 Å². The zero-order valence-electron chi connectivity index (χ0n) is 4.83. The predicted octanol–water partition coefficient (Wildman–Crippen LogP) is 0.305. The second-order valence-corrected chi connectivity index (χ2v) is 1.45. The fraction of sp³-hybridized carbons (Fsp3) is 0.250. The van der Waals surface area contributed by atoms with Crippen LogP contribution in [0.15, 0.2) is 12.2 Å². The van der Waals surface area contributed by atoms with Crippen molar-refractivity contribution in [1.29, 1.82) is 0 Å². The van der Waals surface area contributed by atoms with Crippen molar-refractivity contribution >= 4 is 13.9 Å². The van der Waals surface area contributed by atoms with Gasteiger partial charge < -0.3 is 5.23 Å². The van der Waals surface area contributed by atoms with Gasteiger partial charge in [-0.3, -0.25) is 4.79 Å². The highest BCUT2D eigenvalue weighted by atomic mass is 19.4. The van der Waals surface area contributed by atoms with Gasteiger partial charge in [0.05, 0.1) is 0 Å². The molecule has 0 fully saturated rings. The van der Waals surface area contributed by atoms with Crippen LogP contribution in [0.2, 0.25) is 0 Å². The molecule has 0 bridgehead atoms. The fourth-order valence-electron chi connectivity index (χ4n) is 0.216. The second-order valence-electron chi connectivity index (χ2n) is 1.45. The standard InChI is InChI=1S/C4H3BF3NO/c1-2(3(10)9-5)4(6,7)8/h1H2,(H,9,10). The van der Waals surface area contributed by atoms with E-state index in [4.69, 9.17) is 0 Å². The van der Waals surface area contributed by atoms with Crippen molar-refractivity contribution in [2.24, 2.45) is 0 Å². The minimum Gasteiger partial charge on any atom is -0.405 e. The minimum atomic E-state index is -4.70. The van der Waals surface area contributed by atoms with Gasteiger partial charge in [0.1, 0.15) is 5.57 Å². The number of hydrogen-bond donors (Lipinski definition) is 1. The number of hydrogen-bond acceptors (Lipinski definition) is 1. The predicted molar refractivity (Wildman–Crippen MR) is 29.1 cm³/mol. The maximum Gasteiger partial charge on any atom is 0.421 e. The summed E-state index contributed by atoms with van der Waals surface area (Å²) in [6, 6.07) is 0. The first kappa shape index (κ1) is 9.06. The monoisotopic (exact) mass is 149 g/mol. The van der Waals surface area contributed by atoms with E-state index in [2.05, 4.69) is 14.6 Å². The van der Waals surface area contributed by atoms with E-state index >= 15 is 0 Å². The molecule has 0 aromatic rings. The maximum absolute atomic E-state index is 11.5. The molecule has 0 spiro atoms. The minimum absolute atomic E-state index is 1.31. The number of nitrogens with one attached hydrogen (secondary N) is 1. The number of halogens is 3. The molecule has 10 heavy (non-hydrogen) atoms. The van der Waals surface area contributed by atoms with Gasteiger partial charge in [0.25, 0.3) is 0 Å². The van der Waals surface area contributed by atoms with Gasteiger partial charge in [-0.25, -0.2) is 0 Å². The first-order chi connectivity index (χ1) is 4.39. The summed E-state index contributed by atoms with van der Waals surface area (Å²) >= 11 is 0. The van der Waals surface area contributed by atoms with Crippen molar-refractivity contribution in [1.82, 2.24) is 5.23 Å². The van der Waals surface area contributed by atoms with Crippen molar-refractivity contribution in [2.45, 2.75) is 6.18 Å². The molecule has 0 heterocycles. The fourth-order valence-corrected chi connectivity index (χ4v) is 0.216. The number of carbonyl (C=O) groups excluding carboxylic acids is 1. The Balaban J connectivity index is 4.24. The summed E-state index contributed by atoms with van der Waals surface area (Å²) in [5, 5.41) is 1.31. The second kappa shape index (κ2) is 2.77. The Morgan fingerprint density at radius 2 is 1.90 bits per heavy atom. The first-order valence-corrected chi connectivity index (χ1v) is 2.16. The number of rotatable bonds is 1. The molecule has 0 aliphatic carbocycles. The summed E-state index contributed by atoms with van der Waals surface area (Å²) in [4.78, 5) is 10.1. The maximum atomic E-state index is 11.5. The molecule has 54 valence electrons. The molecular formula is C4H3BF3NO. The summed E-state index contributed by atoms with van der Waals surface area (Å²) in [7, 11) is 4.41. The Labute approximate surface area is 56.5 Å². The lowest BCUT2D eigenvalue weighted by atomic mass is 10.2. The molecule has 0 atom stereocenters. The molecule has 1 N–H and O–H groups in total. The molecule has 6 heteroatoms. The number of amides is 1. The number of carbonyl (C=O) groups is 1. The third kappa shape index (κ3) is 2.12. The van der Waals surface area contributed by atoms with E-state index in [1.165, 1.54) is 5.23 Å². The van der Waals surface area contributed by atoms with E-state index in [9.17, 15) is 18.0 Å². The van der Waals surface area contributed by atoms with E-state index in [1.54, 1.807) is 0 Å². The van der Waals surface area contributed by atoms with Crippen molar-refractivity contribution in [3.8, 4) is 0 Å².